The summed E-state index contributed by atoms with van der Waals surface area (Å²) in [6.07, 6.45) is 5.67. The third kappa shape index (κ3) is 2.37. The van der Waals surface area contributed by atoms with Crippen LogP contribution < -0.4 is 10.1 Å². The van der Waals surface area contributed by atoms with E-state index in [1.807, 2.05) is 18.2 Å². The molecule has 4 rings (SSSR count). The topological polar surface area (TPSA) is 51.5 Å². The summed E-state index contributed by atoms with van der Waals surface area (Å²) in [7, 11) is 1.63. The molecule has 0 unspecified atom stereocenters. The van der Waals surface area contributed by atoms with Crippen LogP contribution in [0.4, 0.5) is 0 Å². The molecule has 0 radical (unpaired) electrons. The highest BCUT2D eigenvalue weighted by molar-refractivity contribution is 5.88. The number of ether oxygens (including phenoxy) is 1. The zero-order chi connectivity index (χ0) is 17.8. The van der Waals surface area contributed by atoms with E-state index in [0.29, 0.717) is 11.8 Å². The van der Waals surface area contributed by atoms with Crippen LogP contribution >= 0.6 is 0 Å². The van der Waals surface area contributed by atoms with Crippen molar-refractivity contribution in [3.05, 3.63) is 30.0 Å². The summed E-state index contributed by atoms with van der Waals surface area (Å²) in [5.41, 5.74) is 2.21. The van der Waals surface area contributed by atoms with Gasteiger partial charge < -0.3 is 14.5 Å². The molecule has 0 saturated heterocycles. The Morgan fingerprint density at radius 3 is 2.80 bits per heavy atom. The molecule has 0 spiro atoms. The van der Waals surface area contributed by atoms with Crippen LogP contribution in [-0.4, -0.2) is 19.1 Å². The zero-order valence-corrected chi connectivity index (χ0v) is 15.5. The molecule has 4 nitrogen and oxygen atoms in total. The van der Waals surface area contributed by atoms with Crippen LogP contribution in [0.3, 0.4) is 0 Å². The van der Waals surface area contributed by atoms with E-state index in [0.717, 1.165) is 34.6 Å². The summed E-state index contributed by atoms with van der Waals surface area (Å²) >= 11 is 0. The van der Waals surface area contributed by atoms with Crippen molar-refractivity contribution in [1.82, 2.24) is 5.32 Å². The number of furan rings is 1. The lowest BCUT2D eigenvalue weighted by Crippen LogP contribution is -2.47. The van der Waals surface area contributed by atoms with Gasteiger partial charge in [-0.25, -0.2) is 0 Å². The van der Waals surface area contributed by atoms with Crippen molar-refractivity contribution in [1.29, 1.82) is 0 Å². The van der Waals surface area contributed by atoms with Gasteiger partial charge in [-0.05, 0) is 48.1 Å². The normalized spacial score (nSPS) is 29.9. The Bertz CT molecular complexity index is 822. The molecule has 25 heavy (non-hydrogen) atoms. The Morgan fingerprint density at radius 2 is 2.16 bits per heavy atom. The second-order valence-corrected chi connectivity index (χ2v) is 8.53. The molecule has 4 heteroatoms. The SMILES string of the molecule is COc1ccc2c(CC(=O)N[C@H]3C[C@@H]4CC[C@@]3(C)C4(C)C)coc2c1. The van der Waals surface area contributed by atoms with E-state index in [2.05, 4.69) is 26.1 Å². The average molecular weight is 341 g/mol. The number of methoxy groups -OCH3 is 1. The van der Waals surface area contributed by atoms with Crippen LogP contribution in [0.25, 0.3) is 11.0 Å². The van der Waals surface area contributed by atoms with E-state index in [-0.39, 0.29) is 17.4 Å². The molecular weight excluding hydrogens is 314 g/mol. The summed E-state index contributed by atoms with van der Waals surface area (Å²) < 4.78 is 10.8. The number of hydrogen-bond acceptors (Lipinski definition) is 3. The van der Waals surface area contributed by atoms with Crippen molar-refractivity contribution in [3.8, 4) is 5.75 Å². The first kappa shape index (κ1) is 16.5. The summed E-state index contributed by atoms with van der Waals surface area (Å²) in [5.74, 6) is 1.58. The van der Waals surface area contributed by atoms with Crippen LogP contribution in [-0.2, 0) is 11.2 Å². The molecule has 2 aromatic rings. The Hall–Kier alpha value is -1.97. The lowest BCUT2D eigenvalue weighted by Gasteiger charge is -2.39. The standard InChI is InChI=1S/C21H27NO3/c1-20(2)14-7-8-21(20,3)18(10-14)22-19(23)9-13-12-25-17-11-15(24-4)5-6-16(13)17/h5-6,11-12,14,18H,7-10H2,1-4H3,(H,22,23)/t14-,18-,21+/m0/s1. The summed E-state index contributed by atoms with van der Waals surface area (Å²) in [6.45, 7) is 7.09. The van der Waals surface area contributed by atoms with Crippen molar-refractivity contribution in [2.24, 2.45) is 16.7 Å². The van der Waals surface area contributed by atoms with Gasteiger partial charge in [0.1, 0.15) is 11.3 Å². The summed E-state index contributed by atoms with van der Waals surface area (Å²) in [4.78, 5) is 12.7. The van der Waals surface area contributed by atoms with Crippen LogP contribution in [0.2, 0.25) is 0 Å². The van der Waals surface area contributed by atoms with Crippen molar-refractivity contribution in [2.75, 3.05) is 7.11 Å². The highest BCUT2D eigenvalue weighted by Crippen LogP contribution is 2.65. The van der Waals surface area contributed by atoms with Crippen LogP contribution in [0.15, 0.2) is 28.9 Å². The van der Waals surface area contributed by atoms with Gasteiger partial charge in [0.15, 0.2) is 0 Å². The van der Waals surface area contributed by atoms with Gasteiger partial charge in [-0.3, -0.25) is 4.79 Å². The van der Waals surface area contributed by atoms with E-state index < -0.39 is 0 Å². The predicted molar refractivity (Wildman–Crippen MR) is 97.6 cm³/mol. The molecule has 3 atom stereocenters. The Kier molecular flexibility index (Phi) is 3.64. The average Bonchev–Trinajstić information content (AvgIpc) is 3.13. The van der Waals surface area contributed by atoms with Crippen molar-refractivity contribution < 1.29 is 13.9 Å². The molecule has 2 aliphatic carbocycles. The molecule has 2 saturated carbocycles. The molecular formula is C21H27NO3. The summed E-state index contributed by atoms with van der Waals surface area (Å²) in [5, 5.41) is 4.31. The minimum Gasteiger partial charge on any atom is -0.497 e. The highest BCUT2D eigenvalue weighted by Gasteiger charge is 2.61. The Balaban J connectivity index is 1.49. The molecule has 2 fully saturated rings. The fourth-order valence-corrected chi connectivity index (χ4v) is 5.17. The lowest BCUT2D eigenvalue weighted by molar-refractivity contribution is -0.122. The fraction of sp³-hybridized carbons (Fsp3) is 0.571. The number of hydrogen-bond donors (Lipinski definition) is 1. The molecule has 134 valence electrons. The van der Waals surface area contributed by atoms with Gasteiger partial charge in [0.25, 0.3) is 0 Å². The van der Waals surface area contributed by atoms with Gasteiger partial charge in [0.2, 0.25) is 5.91 Å². The zero-order valence-electron chi connectivity index (χ0n) is 15.5. The molecule has 2 bridgehead atoms. The fourth-order valence-electron chi connectivity index (χ4n) is 5.17. The van der Waals surface area contributed by atoms with Crippen molar-refractivity contribution in [2.45, 2.75) is 52.5 Å². The van der Waals surface area contributed by atoms with Gasteiger partial charge in [0, 0.05) is 23.1 Å². The Labute approximate surface area is 148 Å². The van der Waals surface area contributed by atoms with E-state index in [4.69, 9.17) is 9.15 Å². The largest absolute Gasteiger partial charge is 0.497 e. The number of carbonyl (C=O) groups is 1. The lowest BCUT2D eigenvalue weighted by atomic mass is 9.69. The van der Waals surface area contributed by atoms with Crippen LogP contribution in [0, 0.1) is 16.7 Å². The Morgan fingerprint density at radius 1 is 1.36 bits per heavy atom. The number of carbonyl (C=O) groups excluding carboxylic acids is 1. The second-order valence-electron chi connectivity index (χ2n) is 8.53. The van der Waals surface area contributed by atoms with Crippen LogP contribution in [0.5, 0.6) is 5.75 Å². The van der Waals surface area contributed by atoms with Gasteiger partial charge in [-0.15, -0.1) is 0 Å². The maximum absolute atomic E-state index is 12.7. The van der Waals surface area contributed by atoms with E-state index >= 15 is 0 Å². The van der Waals surface area contributed by atoms with Crippen molar-refractivity contribution >= 4 is 16.9 Å². The van der Waals surface area contributed by atoms with Gasteiger partial charge in [0.05, 0.1) is 19.8 Å². The number of benzene rings is 1. The number of nitrogens with one attached hydrogen (secondary N) is 1. The second kappa shape index (κ2) is 5.52. The first-order valence-electron chi connectivity index (χ1n) is 9.18. The number of rotatable bonds is 4. The number of amides is 1. The molecule has 0 aliphatic heterocycles. The van der Waals surface area contributed by atoms with E-state index in [1.54, 1.807) is 13.4 Å². The molecule has 1 N–H and O–H groups in total. The minimum atomic E-state index is 0.0908. The van der Waals surface area contributed by atoms with Gasteiger partial charge in [-0.2, -0.15) is 0 Å². The molecule has 2 aliphatic rings. The predicted octanol–water partition coefficient (Wildman–Crippen LogP) is 4.31. The monoisotopic (exact) mass is 341 g/mol. The quantitative estimate of drug-likeness (QED) is 0.901. The van der Waals surface area contributed by atoms with Crippen LogP contribution in [0.1, 0.15) is 45.6 Å². The highest BCUT2D eigenvalue weighted by atomic mass is 16.5. The third-order valence-electron chi connectivity index (χ3n) is 7.34. The first-order chi connectivity index (χ1) is 11.8. The smallest absolute Gasteiger partial charge is 0.224 e. The molecule has 1 aromatic heterocycles. The van der Waals surface area contributed by atoms with Gasteiger partial charge >= 0.3 is 0 Å². The number of fused-ring (bicyclic) bond motifs is 3. The van der Waals surface area contributed by atoms with Crippen molar-refractivity contribution in [3.63, 3.8) is 0 Å². The molecule has 1 heterocycles. The maximum atomic E-state index is 12.7. The molecule has 1 amide bonds. The van der Waals surface area contributed by atoms with E-state index in [9.17, 15) is 4.79 Å². The summed E-state index contributed by atoms with van der Waals surface area (Å²) in [6, 6.07) is 6.00. The maximum Gasteiger partial charge on any atom is 0.224 e. The molecule has 1 aromatic carbocycles. The third-order valence-corrected chi connectivity index (χ3v) is 7.34. The first-order valence-corrected chi connectivity index (χ1v) is 9.18. The minimum absolute atomic E-state index is 0.0908. The van der Waals surface area contributed by atoms with E-state index in [1.165, 1.54) is 12.8 Å². The van der Waals surface area contributed by atoms with Gasteiger partial charge in [-0.1, -0.05) is 20.8 Å².